The molecule has 1 saturated heterocycles. The van der Waals surface area contributed by atoms with Gasteiger partial charge < -0.3 is 4.90 Å². The van der Waals surface area contributed by atoms with Crippen molar-refractivity contribution in [2.45, 2.75) is 12.8 Å². The Hall–Kier alpha value is -0.530. The van der Waals surface area contributed by atoms with E-state index in [1.54, 1.807) is 0 Å². The maximum absolute atomic E-state index is 12.3. The second-order valence-corrected chi connectivity index (χ2v) is 3.04. The molecule has 2 aliphatic rings. The van der Waals surface area contributed by atoms with Gasteiger partial charge in [-0.05, 0) is 12.8 Å². The number of fused-ring (bicyclic) bond motifs is 1. The molecular formula is C8H12FN. The van der Waals surface area contributed by atoms with Crippen LogP contribution in [-0.2, 0) is 0 Å². The van der Waals surface area contributed by atoms with Gasteiger partial charge in [-0.25, -0.2) is 0 Å². The molecule has 0 spiro atoms. The molecule has 1 atom stereocenters. The van der Waals surface area contributed by atoms with Crippen LogP contribution in [0.3, 0.4) is 0 Å². The number of allylic oxidation sites excluding steroid dienone is 1. The molecule has 56 valence electrons. The van der Waals surface area contributed by atoms with E-state index in [4.69, 9.17) is 0 Å². The lowest BCUT2D eigenvalue weighted by Crippen LogP contribution is -2.14. The summed E-state index contributed by atoms with van der Waals surface area (Å²) in [5.74, 6) is 0.238. The Morgan fingerprint density at radius 1 is 1.60 bits per heavy atom. The van der Waals surface area contributed by atoms with E-state index < -0.39 is 0 Å². The van der Waals surface area contributed by atoms with Gasteiger partial charge in [0.2, 0.25) is 0 Å². The van der Waals surface area contributed by atoms with Gasteiger partial charge in [0.05, 0.1) is 6.67 Å². The molecule has 0 aliphatic carbocycles. The zero-order valence-corrected chi connectivity index (χ0v) is 6.02. The molecule has 0 N–H and O–H groups in total. The van der Waals surface area contributed by atoms with Crippen molar-refractivity contribution < 1.29 is 4.39 Å². The normalized spacial score (nSPS) is 30.7. The van der Waals surface area contributed by atoms with Gasteiger partial charge in [-0.2, -0.15) is 0 Å². The maximum Gasteiger partial charge on any atom is 0.0977 e. The molecule has 10 heavy (non-hydrogen) atoms. The average Bonchev–Trinajstić information content (AvgIpc) is 2.44. The minimum atomic E-state index is -0.164. The van der Waals surface area contributed by atoms with Gasteiger partial charge in [-0.15, -0.1) is 0 Å². The van der Waals surface area contributed by atoms with Crippen molar-refractivity contribution in [1.82, 2.24) is 4.90 Å². The van der Waals surface area contributed by atoms with Gasteiger partial charge >= 0.3 is 0 Å². The van der Waals surface area contributed by atoms with Gasteiger partial charge in [0.1, 0.15) is 0 Å². The van der Waals surface area contributed by atoms with Gasteiger partial charge in [0.25, 0.3) is 0 Å². The van der Waals surface area contributed by atoms with E-state index in [0.717, 1.165) is 25.9 Å². The van der Waals surface area contributed by atoms with E-state index in [-0.39, 0.29) is 12.6 Å². The van der Waals surface area contributed by atoms with Gasteiger partial charge in [0.15, 0.2) is 0 Å². The molecular weight excluding hydrogens is 129 g/mol. The van der Waals surface area contributed by atoms with Gasteiger partial charge in [-0.3, -0.25) is 4.39 Å². The van der Waals surface area contributed by atoms with Crippen LogP contribution in [0.2, 0.25) is 0 Å². The Morgan fingerprint density at radius 2 is 2.50 bits per heavy atom. The second-order valence-electron chi connectivity index (χ2n) is 3.04. The lowest BCUT2D eigenvalue weighted by atomic mass is 10.1. The lowest BCUT2D eigenvalue weighted by molar-refractivity contribution is 0.393. The number of hydrogen-bond donors (Lipinski definition) is 0. The number of hydrogen-bond acceptors (Lipinski definition) is 1. The lowest BCUT2D eigenvalue weighted by Gasteiger charge is -2.13. The van der Waals surface area contributed by atoms with E-state index >= 15 is 0 Å². The van der Waals surface area contributed by atoms with Crippen LogP contribution >= 0.6 is 0 Å². The van der Waals surface area contributed by atoms with Crippen LogP contribution in [0.5, 0.6) is 0 Å². The molecule has 1 fully saturated rings. The summed E-state index contributed by atoms with van der Waals surface area (Å²) in [5.41, 5.74) is 1.28. The van der Waals surface area contributed by atoms with E-state index in [9.17, 15) is 4.39 Å². The van der Waals surface area contributed by atoms with Crippen LogP contribution in [0.15, 0.2) is 11.8 Å². The fourth-order valence-electron chi connectivity index (χ4n) is 1.91. The summed E-state index contributed by atoms with van der Waals surface area (Å²) in [6.45, 7) is 2.05. The van der Waals surface area contributed by atoms with Crippen molar-refractivity contribution in [2.24, 2.45) is 5.92 Å². The first-order chi connectivity index (χ1) is 4.92. The Bertz CT molecular complexity index is 165. The number of nitrogens with zero attached hydrogens (tertiary/aromatic N) is 1. The smallest absolute Gasteiger partial charge is 0.0977 e. The summed E-state index contributed by atoms with van der Waals surface area (Å²) in [6.07, 6.45) is 4.35. The largest absolute Gasteiger partial charge is 0.374 e. The zero-order valence-electron chi connectivity index (χ0n) is 6.02. The molecule has 2 rings (SSSR count). The number of alkyl halides is 1. The number of rotatable bonds is 1. The van der Waals surface area contributed by atoms with Gasteiger partial charge in [-0.1, -0.05) is 6.08 Å². The predicted molar refractivity (Wildman–Crippen MR) is 38.4 cm³/mol. The second kappa shape index (κ2) is 2.26. The standard InChI is InChI=1S/C8H12FN/c9-6-7-3-5-10-4-1-2-8(7)10/h2,7H,1,3-6H2. The van der Waals surface area contributed by atoms with Crippen molar-refractivity contribution in [3.63, 3.8) is 0 Å². The van der Waals surface area contributed by atoms with Crippen molar-refractivity contribution in [1.29, 1.82) is 0 Å². The molecule has 2 heteroatoms. The highest BCUT2D eigenvalue weighted by atomic mass is 19.1. The average molecular weight is 141 g/mol. The van der Waals surface area contributed by atoms with Crippen LogP contribution in [0.25, 0.3) is 0 Å². The summed E-state index contributed by atoms with van der Waals surface area (Å²) in [4.78, 5) is 2.31. The van der Waals surface area contributed by atoms with Crippen LogP contribution in [0, 0.1) is 5.92 Å². The molecule has 2 aliphatic heterocycles. The first-order valence-electron chi connectivity index (χ1n) is 3.93. The summed E-state index contributed by atoms with van der Waals surface area (Å²) in [6, 6.07) is 0. The first-order valence-corrected chi connectivity index (χ1v) is 3.93. The minimum Gasteiger partial charge on any atom is -0.374 e. The van der Waals surface area contributed by atoms with Crippen LogP contribution < -0.4 is 0 Å². The molecule has 0 aromatic carbocycles. The molecule has 0 amide bonds. The summed E-state index contributed by atoms with van der Waals surface area (Å²) >= 11 is 0. The highest BCUT2D eigenvalue weighted by Gasteiger charge is 2.29. The SMILES string of the molecule is FCC1CCN2CCC=C12. The van der Waals surface area contributed by atoms with E-state index in [1.807, 2.05) is 0 Å². The van der Waals surface area contributed by atoms with Crippen molar-refractivity contribution in [2.75, 3.05) is 19.8 Å². The topological polar surface area (TPSA) is 3.24 Å². The van der Waals surface area contributed by atoms with Crippen molar-refractivity contribution in [3.05, 3.63) is 11.8 Å². The maximum atomic E-state index is 12.3. The Kier molecular flexibility index (Phi) is 1.40. The van der Waals surface area contributed by atoms with Crippen molar-refractivity contribution >= 4 is 0 Å². The molecule has 1 nitrogen and oxygen atoms in total. The molecule has 2 heterocycles. The van der Waals surface area contributed by atoms with Crippen LogP contribution in [0.4, 0.5) is 4.39 Å². The summed E-state index contributed by atoms with van der Waals surface area (Å²) in [5, 5.41) is 0. The number of halogens is 1. The predicted octanol–water partition coefficient (Wildman–Crippen LogP) is 1.57. The van der Waals surface area contributed by atoms with E-state index in [1.165, 1.54) is 5.70 Å². The fraction of sp³-hybridized carbons (Fsp3) is 0.750. The zero-order chi connectivity index (χ0) is 6.97. The minimum absolute atomic E-state index is 0.164. The Balaban J connectivity index is 2.14. The summed E-state index contributed by atoms with van der Waals surface area (Å²) in [7, 11) is 0. The van der Waals surface area contributed by atoms with Crippen LogP contribution in [-0.4, -0.2) is 24.7 Å². The molecule has 1 unspecified atom stereocenters. The Morgan fingerprint density at radius 3 is 3.30 bits per heavy atom. The van der Waals surface area contributed by atoms with E-state index in [2.05, 4.69) is 11.0 Å². The monoisotopic (exact) mass is 141 g/mol. The quantitative estimate of drug-likeness (QED) is 0.535. The van der Waals surface area contributed by atoms with E-state index in [0.29, 0.717) is 0 Å². The third kappa shape index (κ3) is 0.746. The van der Waals surface area contributed by atoms with Gasteiger partial charge in [0, 0.05) is 24.7 Å². The summed E-state index contributed by atoms with van der Waals surface area (Å²) < 4.78 is 12.3. The molecule has 0 aromatic heterocycles. The highest BCUT2D eigenvalue weighted by molar-refractivity contribution is 5.15. The molecule has 0 radical (unpaired) electrons. The molecule has 0 saturated carbocycles. The third-order valence-electron chi connectivity index (χ3n) is 2.47. The Labute approximate surface area is 60.5 Å². The van der Waals surface area contributed by atoms with Crippen LogP contribution in [0.1, 0.15) is 12.8 Å². The third-order valence-corrected chi connectivity index (χ3v) is 2.47. The fourth-order valence-corrected chi connectivity index (χ4v) is 1.91. The highest BCUT2D eigenvalue weighted by Crippen LogP contribution is 2.32. The first kappa shape index (κ1) is 6.20. The molecule has 0 aromatic rings. The van der Waals surface area contributed by atoms with Crippen molar-refractivity contribution in [3.8, 4) is 0 Å². The molecule has 0 bridgehead atoms.